The molecule has 7 nitrogen and oxygen atoms in total. The molecule has 1 aromatic rings. The molecule has 1 saturated carbocycles. The lowest BCUT2D eigenvalue weighted by Gasteiger charge is -2.30. The highest BCUT2D eigenvalue weighted by Gasteiger charge is 2.52. The number of carbonyl (C=O) groups is 3. The maximum Gasteiger partial charge on any atom is 0.344 e. The molecule has 0 radical (unpaired) electrons. The van der Waals surface area contributed by atoms with Crippen LogP contribution in [-0.2, 0) is 9.59 Å². The Kier molecular flexibility index (Phi) is 4.75. The Bertz CT molecular complexity index is 656. The molecule has 1 aliphatic heterocycles. The number of imide groups is 1. The van der Waals surface area contributed by atoms with Crippen LogP contribution in [0.4, 0.5) is 10.5 Å². The van der Waals surface area contributed by atoms with Crippen LogP contribution in [0.5, 0.6) is 0 Å². The molecule has 1 saturated heterocycles. The predicted octanol–water partition coefficient (Wildman–Crippen LogP) is 2.15. The van der Waals surface area contributed by atoms with E-state index in [-0.39, 0.29) is 12.5 Å². The van der Waals surface area contributed by atoms with Crippen LogP contribution in [0.1, 0.15) is 32.1 Å². The molecule has 1 aromatic carbocycles. The Balaban J connectivity index is 1.56. The number of carbonyl (C=O) groups excluding carboxylic acids is 3. The van der Waals surface area contributed by atoms with Crippen LogP contribution in [0.2, 0.25) is 0 Å². The zero-order chi connectivity index (χ0) is 17.2. The number of rotatable bonds is 4. The average molecular weight is 395 g/mol. The van der Waals surface area contributed by atoms with Crippen molar-refractivity contribution in [2.45, 2.75) is 37.6 Å². The topological polar surface area (TPSA) is 90.5 Å². The first-order valence-electron chi connectivity index (χ1n) is 7.96. The lowest BCUT2D eigenvalue weighted by molar-refractivity contribution is -0.139. The van der Waals surface area contributed by atoms with Crippen LogP contribution in [0, 0.1) is 0 Å². The number of urea groups is 1. The first-order chi connectivity index (χ1) is 11.5. The van der Waals surface area contributed by atoms with Crippen molar-refractivity contribution < 1.29 is 14.4 Å². The van der Waals surface area contributed by atoms with E-state index in [0.29, 0.717) is 12.8 Å². The molecule has 4 amide bonds. The quantitative estimate of drug-likeness (QED) is 0.682. The molecule has 2 aliphatic rings. The highest BCUT2D eigenvalue weighted by molar-refractivity contribution is 9.10. The summed E-state index contributed by atoms with van der Waals surface area (Å²) < 4.78 is 0.939. The summed E-state index contributed by atoms with van der Waals surface area (Å²) in [7, 11) is 0. The molecule has 0 aromatic heterocycles. The van der Waals surface area contributed by atoms with Crippen molar-refractivity contribution in [2.75, 3.05) is 11.9 Å². The third kappa shape index (κ3) is 3.38. The van der Waals surface area contributed by atoms with E-state index in [1.165, 1.54) is 0 Å². The minimum absolute atomic E-state index is 0.0360. The van der Waals surface area contributed by atoms with Gasteiger partial charge in [0.2, 0.25) is 0 Å². The van der Waals surface area contributed by atoms with Gasteiger partial charge < -0.3 is 10.6 Å². The third-order valence-electron chi connectivity index (χ3n) is 4.40. The number of amides is 4. The largest absolute Gasteiger partial charge is 0.376 e. The third-order valence-corrected chi connectivity index (χ3v) is 4.93. The summed E-state index contributed by atoms with van der Waals surface area (Å²) in [6, 6.07) is 6.79. The van der Waals surface area contributed by atoms with E-state index in [1.54, 1.807) is 0 Å². The smallest absolute Gasteiger partial charge is 0.344 e. The van der Waals surface area contributed by atoms with Gasteiger partial charge >= 0.3 is 6.03 Å². The van der Waals surface area contributed by atoms with E-state index >= 15 is 0 Å². The van der Waals surface area contributed by atoms with Gasteiger partial charge in [0.25, 0.3) is 11.8 Å². The van der Waals surface area contributed by atoms with E-state index in [2.05, 4.69) is 32.0 Å². The van der Waals surface area contributed by atoms with Gasteiger partial charge in [-0.25, -0.2) is 4.79 Å². The van der Waals surface area contributed by atoms with E-state index in [0.717, 1.165) is 34.4 Å². The van der Waals surface area contributed by atoms with Gasteiger partial charge in [0.1, 0.15) is 5.54 Å². The van der Waals surface area contributed by atoms with Crippen molar-refractivity contribution in [1.29, 1.82) is 0 Å². The molecule has 0 atom stereocenters. The number of hydrogen-bond acceptors (Lipinski definition) is 4. The lowest BCUT2D eigenvalue weighted by Crippen LogP contribution is -2.51. The molecule has 1 heterocycles. The van der Waals surface area contributed by atoms with Gasteiger partial charge in [-0.3, -0.25) is 15.0 Å². The number of nitrogens with zero attached hydrogens (tertiary/aromatic N) is 1. The summed E-state index contributed by atoms with van der Waals surface area (Å²) in [4.78, 5) is 36.6. The SMILES string of the molecule is O=C(CNc1ccc(Br)cc1)NN1C(=O)NC2(CCCCC2)C1=O. The number of anilines is 1. The van der Waals surface area contributed by atoms with Crippen LogP contribution < -0.4 is 16.1 Å². The summed E-state index contributed by atoms with van der Waals surface area (Å²) in [5.74, 6) is -0.807. The second-order valence-electron chi connectivity index (χ2n) is 6.11. The zero-order valence-electron chi connectivity index (χ0n) is 13.1. The van der Waals surface area contributed by atoms with Crippen molar-refractivity contribution in [3.05, 3.63) is 28.7 Å². The Morgan fingerprint density at radius 3 is 2.50 bits per heavy atom. The monoisotopic (exact) mass is 394 g/mol. The second kappa shape index (κ2) is 6.80. The maximum absolute atomic E-state index is 12.5. The fourth-order valence-corrected chi connectivity index (χ4v) is 3.39. The van der Waals surface area contributed by atoms with Crippen LogP contribution in [0.3, 0.4) is 0 Å². The summed E-state index contributed by atoms with van der Waals surface area (Å²) in [6.45, 7) is -0.0360. The van der Waals surface area contributed by atoms with Gasteiger partial charge in [-0.2, -0.15) is 5.01 Å². The summed E-state index contributed by atoms with van der Waals surface area (Å²) in [6.07, 6.45) is 4.12. The standard InChI is InChI=1S/C16H19BrN4O3/c17-11-4-6-12(7-5-11)18-10-13(22)20-21-14(23)16(19-15(21)24)8-2-1-3-9-16/h4-7,18H,1-3,8-10H2,(H,19,24)(H,20,22). The first-order valence-corrected chi connectivity index (χ1v) is 8.75. The molecule has 128 valence electrons. The minimum Gasteiger partial charge on any atom is -0.376 e. The zero-order valence-corrected chi connectivity index (χ0v) is 14.7. The van der Waals surface area contributed by atoms with Gasteiger partial charge in [-0.15, -0.1) is 0 Å². The second-order valence-corrected chi connectivity index (χ2v) is 7.02. The molecule has 2 fully saturated rings. The van der Waals surface area contributed by atoms with Crippen LogP contribution in [0.25, 0.3) is 0 Å². The number of halogens is 1. The molecule has 0 unspecified atom stereocenters. The minimum atomic E-state index is -0.832. The fourth-order valence-electron chi connectivity index (χ4n) is 3.13. The predicted molar refractivity (Wildman–Crippen MR) is 92.0 cm³/mol. The van der Waals surface area contributed by atoms with Crippen molar-refractivity contribution in [3.63, 3.8) is 0 Å². The number of hydrogen-bond donors (Lipinski definition) is 3. The van der Waals surface area contributed by atoms with E-state index < -0.39 is 17.5 Å². The Labute approximate surface area is 148 Å². The van der Waals surface area contributed by atoms with Gasteiger partial charge in [-0.05, 0) is 37.1 Å². The maximum atomic E-state index is 12.5. The lowest BCUT2D eigenvalue weighted by atomic mass is 9.82. The van der Waals surface area contributed by atoms with Gasteiger partial charge in [0, 0.05) is 10.2 Å². The molecule has 1 spiro atoms. The summed E-state index contributed by atoms with van der Waals surface area (Å²) in [5, 5.41) is 6.51. The van der Waals surface area contributed by atoms with Crippen molar-refractivity contribution in [2.24, 2.45) is 0 Å². The Morgan fingerprint density at radius 1 is 1.17 bits per heavy atom. The molecule has 1 aliphatic carbocycles. The number of benzene rings is 1. The van der Waals surface area contributed by atoms with Crippen LogP contribution in [0.15, 0.2) is 28.7 Å². The molecule has 3 N–H and O–H groups in total. The Hall–Kier alpha value is -2.09. The molecule has 8 heteroatoms. The molecule has 24 heavy (non-hydrogen) atoms. The Morgan fingerprint density at radius 2 is 1.83 bits per heavy atom. The average Bonchev–Trinajstić information content (AvgIpc) is 2.79. The summed E-state index contributed by atoms with van der Waals surface area (Å²) >= 11 is 3.34. The normalized spacial score (nSPS) is 19.3. The van der Waals surface area contributed by atoms with E-state index in [4.69, 9.17) is 0 Å². The van der Waals surface area contributed by atoms with Crippen molar-refractivity contribution >= 4 is 39.5 Å². The number of nitrogens with one attached hydrogen (secondary N) is 3. The fraction of sp³-hybridized carbons (Fsp3) is 0.438. The highest BCUT2D eigenvalue weighted by Crippen LogP contribution is 2.32. The van der Waals surface area contributed by atoms with Crippen molar-refractivity contribution in [1.82, 2.24) is 15.8 Å². The van der Waals surface area contributed by atoms with Crippen molar-refractivity contribution in [3.8, 4) is 0 Å². The molecular formula is C16H19BrN4O3. The first kappa shape index (κ1) is 16.8. The van der Waals surface area contributed by atoms with E-state index in [1.807, 2.05) is 24.3 Å². The molecular weight excluding hydrogens is 376 g/mol. The van der Waals surface area contributed by atoms with Gasteiger partial charge in [0.05, 0.1) is 6.54 Å². The van der Waals surface area contributed by atoms with Crippen LogP contribution in [-0.4, -0.2) is 34.9 Å². The van der Waals surface area contributed by atoms with Gasteiger partial charge in [0.15, 0.2) is 0 Å². The summed E-state index contributed by atoms with van der Waals surface area (Å²) in [5.41, 5.74) is 2.33. The highest BCUT2D eigenvalue weighted by atomic mass is 79.9. The molecule has 3 rings (SSSR count). The van der Waals surface area contributed by atoms with Crippen LogP contribution >= 0.6 is 15.9 Å². The molecule has 0 bridgehead atoms. The number of hydrazine groups is 1. The van der Waals surface area contributed by atoms with Gasteiger partial charge in [-0.1, -0.05) is 35.2 Å². The van der Waals surface area contributed by atoms with E-state index in [9.17, 15) is 14.4 Å².